The smallest absolute Gasteiger partial charge is 0.166 e. The highest BCUT2D eigenvalue weighted by atomic mass is 35.5. The second-order valence-electron chi connectivity index (χ2n) is 7.34. The molecule has 0 aromatic heterocycles. The number of allylic oxidation sites excluding steroid dienone is 3. The summed E-state index contributed by atoms with van der Waals surface area (Å²) in [5, 5.41) is 1.48. The van der Waals surface area contributed by atoms with Gasteiger partial charge in [-0.05, 0) is 67.0 Å². The standard InChI is InChI=1S/C24H24ClF3S/c25-22-13-7-20(8-14-22)17-29-23-15-9-19(10-16-23)4-2-1-3-18-5-11-21(12-6-18)24(26,27)28/h1-8,11-14,19,23H,9-10,15-17H2/b3-1+,4-2+/t19-,23-. The molecule has 0 bridgehead atoms. The molecule has 1 aliphatic carbocycles. The van der Waals surface area contributed by atoms with E-state index in [0.29, 0.717) is 11.2 Å². The maximum atomic E-state index is 12.6. The fourth-order valence-electron chi connectivity index (χ4n) is 3.41. The topological polar surface area (TPSA) is 0 Å². The number of alkyl halides is 3. The van der Waals surface area contributed by atoms with Gasteiger partial charge in [-0.15, -0.1) is 0 Å². The van der Waals surface area contributed by atoms with E-state index >= 15 is 0 Å². The van der Waals surface area contributed by atoms with Gasteiger partial charge in [0.1, 0.15) is 0 Å². The zero-order valence-corrected chi connectivity index (χ0v) is 17.6. The molecular weight excluding hydrogens is 413 g/mol. The largest absolute Gasteiger partial charge is 0.416 e. The third-order valence-corrected chi connectivity index (χ3v) is 6.83. The molecule has 0 spiro atoms. The van der Waals surface area contributed by atoms with Crippen LogP contribution in [0, 0.1) is 5.92 Å². The van der Waals surface area contributed by atoms with Crippen molar-refractivity contribution in [2.24, 2.45) is 5.92 Å². The van der Waals surface area contributed by atoms with E-state index in [1.807, 2.05) is 42.1 Å². The Hall–Kier alpha value is -1.65. The molecule has 29 heavy (non-hydrogen) atoms. The van der Waals surface area contributed by atoms with Crippen LogP contribution in [-0.4, -0.2) is 5.25 Å². The van der Waals surface area contributed by atoms with Gasteiger partial charge in [0.25, 0.3) is 0 Å². The van der Waals surface area contributed by atoms with Gasteiger partial charge < -0.3 is 0 Å². The average Bonchev–Trinajstić information content (AvgIpc) is 2.71. The van der Waals surface area contributed by atoms with Crippen LogP contribution in [0.25, 0.3) is 6.08 Å². The summed E-state index contributed by atoms with van der Waals surface area (Å²) in [7, 11) is 0. The molecule has 1 aliphatic rings. The molecule has 0 amide bonds. The Morgan fingerprint density at radius 2 is 1.55 bits per heavy atom. The van der Waals surface area contributed by atoms with Crippen LogP contribution in [0.2, 0.25) is 5.02 Å². The quantitative estimate of drug-likeness (QED) is 0.409. The Labute approximate surface area is 179 Å². The van der Waals surface area contributed by atoms with Crippen LogP contribution in [0.15, 0.2) is 66.8 Å². The molecule has 3 rings (SSSR count). The molecule has 0 radical (unpaired) electrons. The molecule has 0 saturated heterocycles. The third kappa shape index (κ3) is 7.27. The Balaban J connectivity index is 1.39. The van der Waals surface area contributed by atoms with Gasteiger partial charge in [0, 0.05) is 16.0 Å². The second kappa shape index (κ2) is 10.4. The summed E-state index contributed by atoms with van der Waals surface area (Å²) in [6.45, 7) is 0. The number of hydrogen-bond acceptors (Lipinski definition) is 1. The monoisotopic (exact) mass is 436 g/mol. The Morgan fingerprint density at radius 1 is 0.897 bits per heavy atom. The van der Waals surface area contributed by atoms with Crippen molar-refractivity contribution in [1.82, 2.24) is 0 Å². The molecule has 2 aromatic carbocycles. The molecule has 5 heteroatoms. The first-order valence-electron chi connectivity index (χ1n) is 9.78. The van der Waals surface area contributed by atoms with Crippen LogP contribution in [0.5, 0.6) is 0 Å². The summed E-state index contributed by atoms with van der Waals surface area (Å²) in [5.74, 6) is 1.61. The van der Waals surface area contributed by atoms with E-state index in [-0.39, 0.29) is 0 Å². The minimum Gasteiger partial charge on any atom is -0.166 e. The number of halogens is 4. The Morgan fingerprint density at radius 3 is 2.17 bits per heavy atom. The molecule has 154 valence electrons. The minimum absolute atomic E-state index is 0.583. The summed E-state index contributed by atoms with van der Waals surface area (Å²) in [6, 6.07) is 13.3. The van der Waals surface area contributed by atoms with Gasteiger partial charge in [-0.2, -0.15) is 24.9 Å². The van der Waals surface area contributed by atoms with Gasteiger partial charge >= 0.3 is 6.18 Å². The first kappa shape index (κ1) is 22.0. The van der Waals surface area contributed by atoms with Crippen LogP contribution in [0.3, 0.4) is 0 Å². The first-order valence-corrected chi connectivity index (χ1v) is 11.2. The molecule has 1 fully saturated rings. The lowest BCUT2D eigenvalue weighted by Crippen LogP contribution is -2.14. The zero-order valence-electron chi connectivity index (χ0n) is 16.0. The van der Waals surface area contributed by atoms with Gasteiger partial charge in [-0.1, -0.05) is 60.2 Å². The van der Waals surface area contributed by atoms with Crippen molar-refractivity contribution in [3.8, 4) is 0 Å². The molecule has 0 heterocycles. The van der Waals surface area contributed by atoms with E-state index in [4.69, 9.17) is 11.6 Å². The van der Waals surface area contributed by atoms with E-state index < -0.39 is 11.7 Å². The third-order valence-electron chi connectivity index (χ3n) is 5.14. The van der Waals surface area contributed by atoms with Crippen LogP contribution in [0.1, 0.15) is 42.4 Å². The lowest BCUT2D eigenvalue weighted by atomic mass is 9.88. The SMILES string of the molecule is FC(F)(F)c1ccc(/C=C/C=C/[C@H]2CC[C@H](SCc3ccc(Cl)cc3)CC2)cc1. The lowest BCUT2D eigenvalue weighted by Gasteiger charge is -2.26. The highest BCUT2D eigenvalue weighted by Gasteiger charge is 2.29. The minimum atomic E-state index is -4.28. The number of hydrogen-bond donors (Lipinski definition) is 0. The molecule has 2 aromatic rings. The molecule has 0 aliphatic heterocycles. The maximum Gasteiger partial charge on any atom is 0.416 e. The van der Waals surface area contributed by atoms with E-state index in [1.165, 1.54) is 43.4 Å². The number of thioether (sulfide) groups is 1. The molecule has 0 unspecified atom stereocenters. The summed E-state index contributed by atoms with van der Waals surface area (Å²) >= 11 is 7.95. The molecule has 1 saturated carbocycles. The predicted octanol–water partition coefficient (Wildman–Crippen LogP) is 8.42. The summed E-state index contributed by atoms with van der Waals surface area (Å²) in [4.78, 5) is 0. The van der Waals surface area contributed by atoms with E-state index in [1.54, 1.807) is 0 Å². The number of rotatable bonds is 6. The van der Waals surface area contributed by atoms with Crippen LogP contribution in [-0.2, 0) is 11.9 Å². The maximum absolute atomic E-state index is 12.6. The summed E-state index contributed by atoms with van der Waals surface area (Å²) in [5.41, 5.74) is 1.47. The van der Waals surface area contributed by atoms with Crippen LogP contribution >= 0.6 is 23.4 Å². The lowest BCUT2D eigenvalue weighted by molar-refractivity contribution is -0.137. The second-order valence-corrected chi connectivity index (χ2v) is 9.06. The Bertz CT molecular complexity index is 815. The summed E-state index contributed by atoms with van der Waals surface area (Å²) in [6.07, 6.45) is 8.50. The molecule has 0 atom stereocenters. The van der Waals surface area contributed by atoms with E-state index in [2.05, 4.69) is 18.2 Å². The van der Waals surface area contributed by atoms with Gasteiger partial charge in [-0.3, -0.25) is 0 Å². The van der Waals surface area contributed by atoms with Gasteiger partial charge in [0.2, 0.25) is 0 Å². The van der Waals surface area contributed by atoms with Crippen LogP contribution in [0.4, 0.5) is 13.2 Å². The van der Waals surface area contributed by atoms with Crippen molar-refractivity contribution >= 4 is 29.4 Å². The number of benzene rings is 2. The zero-order chi connectivity index (χ0) is 20.7. The summed E-state index contributed by atoms with van der Waals surface area (Å²) < 4.78 is 37.7. The van der Waals surface area contributed by atoms with Gasteiger partial charge in [0.05, 0.1) is 5.56 Å². The molecular formula is C24H24ClF3S. The predicted molar refractivity (Wildman–Crippen MR) is 118 cm³/mol. The van der Waals surface area contributed by atoms with E-state index in [9.17, 15) is 13.2 Å². The van der Waals surface area contributed by atoms with Crippen molar-refractivity contribution < 1.29 is 13.2 Å². The highest BCUT2D eigenvalue weighted by molar-refractivity contribution is 7.99. The highest BCUT2D eigenvalue weighted by Crippen LogP contribution is 2.34. The van der Waals surface area contributed by atoms with Crippen molar-refractivity contribution in [2.45, 2.75) is 42.9 Å². The molecule has 0 N–H and O–H groups in total. The van der Waals surface area contributed by atoms with Crippen molar-refractivity contribution in [3.63, 3.8) is 0 Å². The molecule has 0 nitrogen and oxygen atoms in total. The van der Waals surface area contributed by atoms with Gasteiger partial charge in [0.15, 0.2) is 0 Å². The van der Waals surface area contributed by atoms with Crippen molar-refractivity contribution in [3.05, 3.63) is 88.5 Å². The van der Waals surface area contributed by atoms with E-state index in [0.717, 1.165) is 28.5 Å². The van der Waals surface area contributed by atoms with Crippen LogP contribution < -0.4 is 0 Å². The van der Waals surface area contributed by atoms with Crippen molar-refractivity contribution in [1.29, 1.82) is 0 Å². The Kier molecular flexibility index (Phi) is 7.91. The average molecular weight is 437 g/mol. The fourth-order valence-corrected chi connectivity index (χ4v) is 4.77. The fraction of sp³-hybridized carbons (Fsp3) is 0.333. The van der Waals surface area contributed by atoms with Gasteiger partial charge in [-0.25, -0.2) is 0 Å². The first-order chi connectivity index (χ1) is 13.9. The normalized spacial score (nSPS) is 20.6. The van der Waals surface area contributed by atoms with Crippen molar-refractivity contribution in [2.75, 3.05) is 0 Å².